The number of nitrogens with one attached hydrogen (secondary N) is 2. The van der Waals surface area contributed by atoms with Crippen LogP contribution in [0.1, 0.15) is 25.8 Å². The van der Waals surface area contributed by atoms with E-state index in [9.17, 15) is 0 Å². The van der Waals surface area contributed by atoms with Gasteiger partial charge in [-0.05, 0) is 39.4 Å². The summed E-state index contributed by atoms with van der Waals surface area (Å²) in [6.45, 7) is 6.86. The van der Waals surface area contributed by atoms with Crippen LogP contribution in [-0.4, -0.2) is 37.0 Å². The maximum Gasteiger partial charge on any atom is 0.205 e. The van der Waals surface area contributed by atoms with E-state index in [1.807, 2.05) is 6.07 Å². The highest BCUT2D eigenvalue weighted by Crippen LogP contribution is 2.02. The Bertz CT molecular complexity index is 389. The van der Waals surface area contributed by atoms with E-state index in [4.69, 9.17) is 5.84 Å². The van der Waals surface area contributed by atoms with Crippen LogP contribution in [-0.2, 0) is 6.54 Å². The molecule has 0 amide bonds. The maximum atomic E-state index is 5.41. The zero-order valence-electron chi connectivity index (χ0n) is 12.8. The zero-order valence-corrected chi connectivity index (χ0v) is 12.8. The van der Waals surface area contributed by atoms with Crippen LogP contribution in [0.3, 0.4) is 0 Å². The largest absolute Gasteiger partial charge is 0.353 e. The van der Waals surface area contributed by atoms with E-state index in [1.54, 1.807) is 0 Å². The standard InChI is InChI=1S/C15H27N5/c1-13(2)18-15(19-16)17-10-7-11-20(3)12-14-8-5-4-6-9-14/h4-6,8-9,13H,7,10-12,16H2,1-3H3,(H2,17,18,19). The van der Waals surface area contributed by atoms with Gasteiger partial charge < -0.3 is 10.2 Å². The van der Waals surface area contributed by atoms with Gasteiger partial charge in [-0.1, -0.05) is 30.3 Å². The normalized spacial score (nSPS) is 12.0. The average Bonchev–Trinajstić information content (AvgIpc) is 2.43. The lowest BCUT2D eigenvalue weighted by molar-refractivity contribution is 0.324. The molecule has 0 radical (unpaired) electrons. The van der Waals surface area contributed by atoms with E-state index in [1.165, 1.54) is 5.56 Å². The Morgan fingerprint density at radius 2 is 2.00 bits per heavy atom. The first-order valence-electron chi connectivity index (χ1n) is 7.12. The van der Waals surface area contributed by atoms with Crippen LogP contribution in [0.4, 0.5) is 0 Å². The van der Waals surface area contributed by atoms with Crippen LogP contribution in [0.2, 0.25) is 0 Å². The zero-order chi connectivity index (χ0) is 14.8. The van der Waals surface area contributed by atoms with Crippen LogP contribution >= 0.6 is 0 Å². The highest BCUT2D eigenvalue weighted by Gasteiger charge is 2.01. The van der Waals surface area contributed by atoms with Crippen molar-refractivity contribution >= 4 is 5.96 Å². The lowest BCUT2D eigenvalue weighted by Gasteiger charge is -2.16. The van der Waals surface area contributed by atoms with Gasteiger partial charge in [0.25, 0.3) is 0 Å². The third-order valence-electron chi connectivity index (χ3n) is 2.83. The number of aliphatic imine (C=N–C) groups is 1. The number of hydrazine groups is 1. The Hall–Kier alpha value is -1.59. The number of guanidine groups is 1. The Morgan fingerprint density at radius 3 is 2.60 bits per heavy atom. The molecule has 0 atom stereocenters. The van der Waals surface area contributed by atoms with Gasteiger partial charge >= 0.3 is 0 Å². The first-order valence-corrected chi connectivity index (χ1v) is 7.12. The van der Waals surface area contributed by atoms with E-state index >= 15 is 0 Å². The lowest BCUT2D eigenvalue weighted by atomic mass is 10.2. The van der Waals surface area contributed by atoms with E-state index < -0.39 is 0 Å². The van der Waals surface area contributed by atoms with Crippen molar-refractivity contribution in [3.8, 4) is 0 Å². The van der Waals surface area contributed by atoms with Gasteiger partial charge in [0.1, 0.15) is 0 Å². The Morgan fingerprint density at radius 1 is 1.30 bits per heavy atom. The summed E-state index contributed by atoms with van der Waals surface area (Å²) in [5, 5.41) is 3.16. The van der Waals surface area contributed by atoms with E-state index in [-0.39, 0.29) is 0 Å². The topological polar surface area (TPSA) is 65.7 Å². The minimum absolute atomic E-state index is 0.325. The molecule has 0 saturated carbocycles. The van der Waals surface area contributed by atoms with Crippen molar-refractivity contribution in [1.82, 2.24) is 15.6 Å². The van der Waals surface area contributed by atoms with Crippen LogP contribution < -0.4 is 16.6 Å². The summed E-state index contributed by atoms with van der Waals surface area (Å²) >= 11 is 0. The Balaban J connectivity index is 2.24. The minimum atomic E-state index is 0.325. The van der Waals surface area contributed by atoms with Gasteiger partial charge in [-0.3, -0.25) is 10.4 Å². The molecule has 0 spiro atoms. The van der Waals surface area contributed by atoms with E-state index in [2.05, 4.69) is 65.8 Å². The van der Waals surface area contributed by atoms with Crippen molar-refractivity contribution in [3.63, 3.8) is 0 Å². The Kier molecular flexibility index (Phi) is 7.69. The molecule has 0 saturated heterocycles. The second-order valence-corrected chi connectivity index (χ2v) is 5.25. The number of hydrogen-bond donors (Lipinski definition) is 3. The van der Waals surface area contributed by atoms with Crippen LogP contribution in [0.25, 0.3) is 0 Å². The minimum Gasteiger partial charge on any atom is -0.353 e. The van der Waals surface area contributed by atoms with Gasteiger partial charge in [0.05, 0.1) is 0 Å². The summed E-state index contributed by atoms with van der Waals surface area (Å²) in [6.07, 6.45) is 1.01. The fourth-order valence-electron chi connectivity index (χ4n) is 1.91. The molecule has 0 bridgehead atoms. The first kappa shape index (κ1) is 16.5. The molecular weight excluding hydrogens is 250 g/mol. The van der Waals surface area contributed by atoms with Crippen molar-refractivity contribution in [2.45, 2.75) is 32.9 Å². The molecule has 1 aromatic rings. The smallest absolute Gasteiger partial charge is 0.205 e. The van der Waals surface area contributed by atoms with Gasteiger partial charge in [-0.25, -0.2) is 5.84 Å². The van der Waals surface area contributed by atoms with Crippen molar-refractivity contribution < 1.29 is 0 Å². The molecule has 0 heterocycles. The molecule has 0 aliphatic carbocycles. The van der Waals surface area contributed by atoms with Crippen molar-refractivity contribution in [2.75, 3.05) is 20.1 Å². The highest BCUT2D eigenvalue weighted by molar-refractivity contribution is 5.79. The molecule has 0 aromatic heterocycles. The van der Waals surface area contributed by atoms with Crippen LogP contribution in [0, 0.1) is 0 Å². The van der Waals surface area contributed by atoms with Gasteiger partial charge in [0.2, 0.25) is 5.96 Å². The molecule has 112 valence electrons. The quantitative estimate of drug-likeness (QED) is 0.231. The number of rotatable bonds is 7. The molecule has 0 unspecified atom stereocenters. The molecule has 1 aromatic carbocycles. The molecule has 20 heavy (non-hydrogen) atoms. The number of benzene rings is 1. The molecular formula is C15H27N5. The van der Waals surface area contributed by atoms with Gasteiger partial charge in [-0.2, -0.15) is 0 Å². The van der Waals surface area contributed by atoms with Gasteiger partial charge in [0.15, 0.2) is 0 Å². The predicted molar refractivity (Wildman–Crippen MR) is 85.3 cm³/mol. The molecule has 4 N–H and O–H groups in total. The fraction of sp³-hybridized carbons (Fsp3) is 0.533. The molecule has 1 rings (SSSR count). The molecule has 0 aliphatic heterocycles. The van der Waals surface area contributed by atoms with Crippen molar-refractivity contribution in [3.05, 3.63) is 35.9 Å². The SMILES string of the molecule is CC(C)NC(=NCCCN(C)Cc1ccccc1)NN. The average molecular weight is 277 g/mol. The third kappa shape index (κ3) is 7.11. The maximum absolute atomic E-state index is 5.41. The summed E-state index contributed by atoms with van der Waals surface area (Å²) in [7, 11) is 2.13. The first-order chi connectivity index (χ1) is 9.61. The Labute approximate surface area is 122 Å². The van der Waals surface area contributed by atoms with Crippen LogP contribution in [0.5, 0.6) is 0 Å². The summed E-state index contributed by atoms with van der Waals surface area (Å²) in [6, 6.07) is 10.8. The van der Waals surface area contributed by atoms with E-state index in [0.717, 1.165) is 26.1 Å². The van der Waals surface area contributed by atoms with Crippen molar-refractivity contribution in [1.29, 1.82) is 0 Å². The summed E-state index contributed by atoms with van der Waals surface area (Å²) in [5.74, 6) is 6.07. The lowest BCUT2D eigenvalue weighted by Crippen LogP contribution is -2.44. The molecule has 5 nitrogen and oxygen atoms in total. The second kappa shape index (κ2) is 9.34. The van der Waals surface area contributed by atoms with Gasteiger partial charge in [0, 0.05) is 19.1 Å². The molecule has 5 heteroatoms. The third-order valence-corrected chi connectivity index (χ3v) is 2.83. The number of nitrogens with two attached hydrogens (primary N) is 1. The fourth-order valence-corrected chi connectivity index (χ4v) is 1.91. The summed E-state index contributed by atoms with van der Waals surface area (Å²) in [4.78, 5) is 6.71. The number of hydrogen-bond acceptors (Lipinski definition) is 3. The summed E-state index contributed by atoms with van der Waals surface area (Å²) in [5.41, 5.74) is 3.92. The van der Waals surface area contributed by atoms with Crippen molar-refractivity contribution in [2.24, 2.45) is 10.8 Å². The highest BCUT2D eigenvalue weighted by atomic mass is 15.3. The van der Waals surface area contributed by atoms with Crippen LogP contribution in [0.15, 0.2) is 35.3 Å². The second-order valence-electron chi connectivity index (χ2n) is 5.25. The molecule has 0 fully saturated rings. The number of nitrogens with zero attached hydrogens (tertiary/aromatic N) is 2. The van der Waals surface area contributed by atoms with Gasteiger partial charge in [-0.15, -0.1) is 0 Å². The summed E-state index contributed by atoms with van der Waals surface area (Å²) < 4.78 is 0. The predicted octanol–water partition coefficient (Wildman–Crippen LogP) is 1.33. The molecule has 0 aliphatic rings. The monoisotopic (exact) mass is 277 g/mol. The van der Waals surface area contributed by atoms with E-state index in [0.29, 0.717) is 12.0 Å².